The zero-order valence-electron chi connectivity index (χ0n) is 12.9. The molecule has 0 fully saturated rings. The predicted octanol–water partition coefficient (Wildman–Crippen LogP) is 4.09. The van der Waals surface area contributed by atoms with Crippen LogP contribution in [0.2, 0.25) is 0 Å². The van der Waals surface area contributed by atoms with Crippen LogP contribution in [0.4, 0.5) is 0 Å². The van der Waals surface area contributed by atoms with Crippen molar-refractivity contribution in [1.82, 2.24) is 5.32 Å². The SMILES string of the molecule is CCOc1cc2c(cc1OC)CCNC2c1ccccc1Br. The molecule has 0 saturated carbocycles. The first kappa shape index (κ1) is 15.4. The summed E-state index contributed by atoms with van der Waals surface area (Å²) in [4.78, 5) is 0. The Balaban J connectivity index is 2.09. The summed E-state index contributed by atoms with van der Waals surface area (Å²) in [7, 11) is 1.69. The highest BCUT2D eigenvalue weighted by Crippen LogP contribution is 2.39. The van der Waals surface area contributed by atoms with Gasteiger partial charge in [0.25, 0.3) is 0 Å². The number of nitrogens with one attached hydrogen (secondary N) is 1. The van der Waals surface area contributed by atoms with E-state index in [4.69, 9.17) is 9.47 Å². The second-order valence-corrected chi connectivity index (χ2v) is 6.15. The number of hydrogen-bond acceptors (Lipinski definition) is 3. The van der Waals surface area contributed by atoms with Gasteiger partial charge in [-0.05, 0) is 48.2 Å². The predicted molar refractivity (Wildman–Crippen MR) is 91.9 cm³/mol. The topological polar surface area (TPSA) is 30.5 Å². The molecule has 0 bridgehead atoms. The van der Waals surface area contributed by atoms with Gasteiger partial charge in [-0.2, -0.15) is 0 Å². The molecule has 1 N–H and O–H groups in total. The van der Waals surface area contributed by atoms with Crippen molar-refractivity contribution in [2.45, 2.75) is 19.4 Å². The van der Waals surface area contributed by atoms with E-state index in [-0.39, 0.29) is 6.04 Å². The van der Waals surface area contributed by atoms with E-state index in [9.17, 15) is 0 Å². The van der Waals surface area contributed by atoms with Crippen LogP contribution >= 0.6 is 15.9 Å². The zero-order valence-corrected chi connectivity index (χ0v) is 14.4. The first-order valence-corrected chi connectivity index (χ1v) is 8.35. The Morgan fingerprint density at radius 3 is 2.73 bits per heavy atom. The molecule has 0 aromatic heterocycles. The number of benzene rings is 2. The molecule has 1 aliphatic heterocycles. The van der Waals surface area contributed by atoms with Gasteiger partial charge in [-0.1, -0.05) is 34.1 Å². The summed E-state index contributed by atoms with van der Waals surface area (Å²) >= 11 is 3.67. The van der Waals surface area contributed by atoms with Crippen molar-refractivity contribution in [2.24, 2.45) is 0 Å². The minimum absolute atomic E-state index is 0.171. The molecule has 3 rings (SSSR count). The summed E-state index contributed by atoms with van der Waals surface area (Å²) in [5.41, 5.74) is 3.83. The standard InChI is InChI=1S/C18H20BrNO2/c1-3-22-17-11-14-12(10-16(17)21-2)8-9-20-18(14)13-6-4-5-7-15(13)19/h4-7,10-11,18,20H,3,8-9H2,1-2H3. The summed E-state index contributed by atoms with van der Waals surface area (Å²) in [6.07, 6.45) is 0.999. The van der Waals surface area contributed by atoms with Crippen molar-refractivity contribution < 1.29 is 9.47 Å². The first-order valence-electron chi connectivity index (χ1n) is 7.56. The van der Waals surface area contributed by atoms with Crippen molar-refractivity contribution in [3.63, 3.8) is 0 Å². The second-order valence-electron chi connectivity index (χ2n) is 5.29. The number of hydrogen-bond donors (Lipinski definition) is 1. The van der Waals surface area contributed by atoms with Gasteiger partial charge in [0.15, 0.2) is 11.5 Å². The number of fused-ring (bicyclic) bond motifs is 1. The maximum atomic E-state index is 5.74. The Hall–Kier alpha value is -1.52. The molecule has 0 saturated heterocycles. The second kappa shape index (κ2) is 6.71. The number of methoxy groups -OCH3 is 1. The van der Waals surface area contributed by atoms with Gasteiger partial charge in [-0.15, -0.1) is 0 Å². The van der Waals surface area contributed by atoms with E-state index in [1.807, 2.05) is 13.0 Å². The van der Waals surface area contributed by atoms with Gasteiger partial charge < -0.3 is 14.8 Å². The molecule has 116 valence electrons. The molecular formula is C18H20BrNO2. The molecule has 1 heterocycles. The van der Waals surface area contributed by atoms with Crippen molar-refractivity contribution in [2.75, 3.05) is 20.3 Å². The van der Waals surface area contributed by atoms with Crippen LogP contribution in [0.25, 0.3) is 0 Å². The first-order chi connectivity index (χ1) is 10.7. The van der Waals surface area contributed by atoms with Gasteiger partial charge in [0.2, 0.25) is 0 Å². The molecular weight excluding hydrogens is 342 g/mol. The van der Waals surface area contributed by atoms with Crippen molar-refractivity contribution >= 4 is 15.9 Å². The lowest BCUT2D eigenvalue weighted by atomic mass is 9.89. The summed E-state index contributed by atoms with van der Waals surface area (Å²) in [5, 5.41) is 3.61. The summed E-state index contributed by atoms with van der Waals surface area (Å²) in [5.74, 6) is 1.62. The third kappa shape index (κ3) is 2.85. The zero-order chi connectivity index (χ0) is 15.5. The Morgan fingerprint density at radius 2 is 2.00 bits per heavy atom. The van der Waals surface area contributed by atoms with E-state index in [0.29, 0.717) is 6.61 Å². The lowest BCUT2D eigenvalue weighted by Gasteiger charge is -2.29. The Kier molecular flexibility index (Phi) is 4.69. The maximum Gasteiger partial charge on any atom is 0.161 e. The van der Waals surface area contributed by atoms with E-state index in [1.54, 1.807) is 7.11 Å². The van der Waals surface area contributed by atoms with Crippen LogP contribution in [-0.4, -0.2) is 20.3 Å². The van der Waals surface area contributed by atoms with Gasteiger partial charge in [-0.25, -0.2) is 0 Å². The van der Waals surface area contributed by atoms with E-state index < -0.39 is 0 Å². The van der Waals surface area contributed by atoms with Crippen LogP contribution in [0.1, 0.15) is 29.7 Å². The molecule has 4 heteroatoms. The molecule has 2 aromatic rings. The van der Waals surface area contributed by atoms with Crippen molar-refractivity contribution in [3.05, 3.63) is 57.6 Å². The smallest absolute Gasteiger partial charge is 0.161 e. The molecule has 0 spiro atoms. The van der Waals surface area contributed by atoms with E-state index >= 15 is 0 Å². The lowest BCUT2D eigenvalue weighted by Crippen LogP contribution is -2.30. The van der Waals surface area contributed by atoms with E-state index in [1.165, 1.54) is 16.7 Å². The minimum atomic E-state index is 0.171. The Bertz CT molecular complexity index is 672. The van der Waals surface area contributed by atoms with Crippen LogP contribution in [-0.2, 0) is 6.42 Å². The molecule has 2 aromatic carbocycles. The van der Waals surface area contributed by atoms with Crippen molar-refractivity contribution in [1.29, 1.82) is 0 Å². The van der Waals surface area contributed by atoms with Gasteiger partial charge in [0.1, 0.15) is 0 Å². The monoisotopic (exact) mass is 361 g/mol. The highest BCUT2D eigenvalue weighted by Gasteiger charge is 2.25. The number of rotatable bonds is 4. The average Bonchev–Trinajstić information content (AvgIpc) is 2.54. The quantitative estimate of drug-likeness (QED) is 0.889. The molecule has 0 aliphatic carbocycles. The van der Waals surface area contributed by atoms with Crippen LogP contribution in [0.3, 0.4) is 0 Å². The number of halogens is 1. The third-order valence-corrected chi connectivity index (χ3v) is 4.72. The van der Waals surface area contributed by atoms with Gasteiger partial charge in [0, 0.05) is 11.0 Å². The van der Waals surface area contributed by atoms with Crippen LogP contribution in [0.5, 0.6) is 11.5 Å². The normalized spacial score (nSPS) is 17.0. The number of ether oxygens (including phenoxy) is 2. The van der Waals surface area contributed by atoms with E-state index in [2.05, 4.69) is 51.6 Å². The molecule has 1 atom stereocenters. The minimum Gasteiger partial charge on any atom is -0.493 e. The fraction of sp³-hybridized carbons (Fsp3) is 0.333. The van der Waals surface area contributed by atoms with Crippen molar-refractivity contribution in [3.8, 4) is 11.5 Å². The summed E-state index contributed by atoms with van der Waals surface area (Å²) in [6.45, 7) is 3.57. The van der Waals surface area contributed by atoms with Crippen LogP contribution < -0.4 is 14.8 Å². The molecule has 0 radical (unpaired) electrons. The maximum absolute atomic E-state index is 5.74. The van der Waals surface area contributed by atoms with Gasteiger partial charge in [-0.3, -0.25) is 0 Å². The Labute approximate surface area is 139 Å². The third-order valence-electron chi connectivity index (χ3n) is 4.00. The van der Waals surface area contributed by atoms with Gasteiger partial charge in [0.05, 0.1) is 19.8 Å². The molecule has 1 unspecified atom stereocenters. The fourth-order valence-electron chi connectivity index (χ4n) is 2.98. The highest BCUT2D eigenvalue weighted by atomic mass is 79.9. The van der Waals surface area contributed by atoms with Crippen LogP contribution in [0, 0.1) is 0 Å². The average molecular weight is 362 g/mol. The van der Waals surface area contributed by atoms with Gasteiger partial charge >= 0.3 is 0 Å². The Morgan fingerprint density at radius 1 is 1.18 bits per heavy atom. The molecule has 3 nitrogen and oxygen atoms in total. The molecule has 1 aliphatic rings. The summed E-state index contributed by atoms with van der Waals surface area (Å²) in [6, 6.07) is 12.8. The summed E-state index contributed by atoms with van der Waals surface area (Å²) < 4.78 is 12.3. The molecule has 22 heavy (non-hydrogen) atoms. The lowest BCUT2D eigenvalue weighted by molar-refractivity contribution is 0.309. The van der Waals surface area contributed by atoms with Crippen LogP contribution in [0.15, 0.2) is 40.9 Å². The van der Waals surface area contributed by atoms with E-state index in [0.717, 1.165) is 28.9 Å². The largest absolute Gasteiger partial charge is 0.493 e. The fourth-order valence-corrected chi connectivity index (χ4v) is 3.49. The molecule has 0 amide bonds. The highest BCUT2D eigenvalue weighted by molar-refractivity contribution is 9.10.